The lowest BCUT2D eigenvalue weighted by atomic mass is 10.1. The van der Waals surface area contributed by atoms with Gasteiger partial charge in [-0.05, 0) is 38.0 Å². The van der Waals surface area contributed by atoms with E-state index >= 15 is 0 Å². The number of esters is 1. The summed E-state index contributed by atoms with van der Waals surface area (Å²) in [7, 11) is 0. The summed E-state index contributed by atoms with van der Waals surface area (Å²) in [6, 6.07) is 19.1. The third-order valence-corrected chi connectivity index (χ3v) is 5.58. The standard InChI is InChI=1S/C22H20N2O3S/c1-3-27-22(26)18(14-23)21-24(17-11-9-15(2)10-12-17)20(25)19(28-21)13-16-7-5-4-6-8-16/h4-12,19H,3,13H2,1-2H3/b21-18-/t19-/m0/s1. The van der Waals surface area contributed by atoms with Crippen LogP contribution in [-0.2, 0) is 20.7 Å². The van der Waals surface area contributed by atoms with Crippen molar-refractivity contribution in [1.29, 1.82) is 5.26 Å². The normalized spacial score (nSPS) is 18.0. The first-order valence-corrected chi connectivity index (χ1v) is 9.85. The van der Waals surface area contributed by atoms with Crippen LogP contribution in [0.3, 0.4) is 0 Å². The van der Waals surface area contributed by atoms with E-state index in [1.54, 1.807) is 6.92 Å². The zero-order chi connectivity index (χ0) is 20.1. The molecule has 0 aromatic heterocycles. The van der Waals surface area contributed by atoms with Crippen molar-refractivity contribution >= 4 is 29.3 Å². The first-order valence-electron chi connectivity index (χ1n) is 8.97. The number of anilines is 1. The predicted molar refractivity (Wildman–Crippen MR) is 109 cm³/mol. The van der Waals surface area contributed by atoms with Gasteiger partial charge in [-0.15, -0.1) is 0 Å². The Morgan fingerprint density at radius 1 is 1.18 bits per heavy atom. The van der Waals surface area contributed by atoms with E-state index in [4.69, 9.17) is 4.74 Å². The summed E-state index contributed by atoms with van der Waals surface area (Å²) in [5, 5.41) is 9.50. The van der Waals surface area contributed by atoms with Crippen LogP contribution in [0.2, 0.25) is 0 Å². The highest BCUT2D eigenvalue weighted by molar-refractivity contribution is 8.05. The summed E-state index contributed by atoms with van der Waals surface area (Å²) < 4.78 is 5.03. The molecule has 28 heavy (non-hydrogen) atoms. The average molecular weight is 392 g/mol. The second kappa shape index (κ2) is 8.77. The second-order valence-electron chi connectivity index (χ2n) is 6.32. The van der Waals surface area contributed by atoms with Gasteiger partial charge in [0, 0.05) is 5.69 Å². The van der Waals surface area contributed by atoms with Gasteiger partial charge in [-0.3, -0.25) is 9.69 Å². The Morgan fingerprint density at radius 2 is 1.86 bits per heavy atom. The van der Waals surface area contributed by atoms with Crippen LogP contribution in [0.5, 0.6) is 0 Å². The number of thioether (sulfide) groups is 1. The van der Waals surface area contributed by atoms with Gasteiger partial charge in [0.05, 0.1) is 11.9 Å². The Morgan fingerprint density at radius 3 is 2.46 bits per heavy atom. The maximum Gasteiger partial charge on any atom is 0.351 e. The van der Waals surface area contributed by atoms with Crippen LogP contribution in [0.4, 0.5) is 5.69 Å². The van der Waals surface area contributed by atoms with Gasteiger partial charge in [-0.2, -0.15) is 5.26 Å². The van der Waals surface area contributed by atoms with Gasteiger partial charge in [0.15, 0.2) is 5.57 Å². The van der Waals surface area contributed by atoms with E-state index in [0.717, 1.165) is 11.1 Å². The number of aryl methyl sites for hydroxylation is 1. The third-order valence-electron chi connectivity index (χ3n) is 4.31. The van der Waals surface area contributed by atoms with Gasteiger partial charge in [0.25, 0.3) is 0 Å². The van der Waals surface area contributed by atoms with Crippen molar-refractivity contribution in [2.24, 2.45) is 0 Å². The molecule has 1 heterocycles. The fraction of sp³-hybridized carbons (Fsp3) is 0.227. The molecule has 0 unspecified atom stereocenters. The molecule has 0 N–H and O–H groups in total. The van der Waals surface area contributed by atoms with Crippen molar-refractivity contribution in [1.82, 2.24) is 0 Å². The first kappa shape index (κ1) is 19.7. The van der Waals surface area contributed by atoms with Crippen molar-refractivity contribution in [2.75, 3.05) is 11.5 Å². The molecule has 0 aliphatic carbocycles. The smallest absolute Gasteiger partial charge is 0.351 e. The van der Waals surface area contributed by atoms with Crippen molar-refractivity contribution in [2.45, 2.75) is 25.5 Å². The van der Waals surface area contributed by atoms with Crippen LogP contribution in [0.1, 0.15) is 18.1 Å². The van der Waals surface area contributed by atoms with Gasteiger partial charge in [-0.25, -0.2) is 4.79 Å². The Kier molecular flexibility index (Phi) is 6.17. The number of amides is 1. The van der Waals surface area contributed by atoms with Gasteiger partial charge >= 0.3 is 5.97 Å². The first-order chi connectivity index (χ1) is 13.5. The number of hydrogen-bond acceptors (Lipinski definition) is 5. The number of nitriles is 1. The SMILES string of the molecule is CCOC(=O)/C(C#N)=C1\S[C@@H](Cc2ccccc2)C(=O)N1c1ccc(C)cc1. The summed E-state index contributed by atoms with van der Waals surface area (Å²) in [6.45, 7) is 3.80. The van der Waals surface area contributed by atoms with Crippen LogP contribution in [-0.4, -0.2) is 23.7 Å². The minimum atomic E-state index is -0.710. The van der Waals surface area contributed by atoms with Crippen LogP contribution in [0, 0.1) is 18.3 Å². The predicted octanol–water partition coefficient (Wildman–Crippen LogP) is 3.98. The molecule has 1 amide bonds. The van der Waals surface area contributed by atoms with E-state index in [1.165, 1.54) is 16.7 Å². The van der Waals surface area contributed by atoms with Crippen molar-refractivity contribution in [3.8, 4) is 6.07 Å². The van der Waals surface area contributed by atoms with Crippen LogP contribution >= 0.6 is 11.8 Å². The zero-order valence-corrected chi connectivity index (χ0v) is 16.5. The van der Waals surface area contributed by atoms with Gasteiger partial charge in [0.1, 0.15) is 11.1 Å². The lowest BCUT2D eigenvalue weighted by molar-refractivity contribution is -0.138. The monoisotopic (exact) mass is 392 g/mol. The molecule has 0 spiro atoms. The molecule has 1 saturated heterocycles. The second-order valence-corrected chi connectivity index (χ2v) is 7.51. The quantitative estimate of drug-likeness (QED) is 0.437. The van der Waals surface area contributed by atoms with Crippen LogP contribution < -0.4 is 4.90 Å². The van der Waals surface area contributed by atoms with E-state index in [2.05, 4.69) is 0 Å². The number of carbonyl (C=O) groups is 2. The summed E-state index contributed by atoms with van der Waals surface area (Å²) in [5.74, 6) is -0.859. The number of hydrogen-bond donors (Lipinski definition) is 0. The molecule has 0 radical (unpaired) electrons. The average Bonchev–Trinajstić information content (AvgIpc) is 3.00. The Hall–Kier alpha value is -3.04. The van der Waals surface area contributed by atoms with Crippen molar-refractivity contribution in [3.05, 3.63) is 76.3 Å². The summed E-state index contributed by atoms with van der Waals surface area (Å²) >= 11 is 1.24. The highest BCUT2D eigenvalue weighted by atomic mass is 32.2. The molecule has 0 bridgehead atoms. The lowest BCUT2D eigenvalue weighted by Gasteiger charge is -2.18. The topological polar surface area (TPSA) is 70.4 Å². The molecule has 1 aliphatic rings. The highest BCUT2D eigenvalue weighted by Gasteiger charge is 2.41. The molecule has 2 aromatic carbocycles. The Balaban J connectivity index is 2.03. The summed E-state index contributed by atoms with van der Waals surface area (Å²) in [5.41, 5.74) is 2.57. The largest absolute Gasteiger partial charge is 0.462 e. The molecular weight excluding hydrogens is 372 g/mol. The molecule has 6 heteroatoms. The van der Waals surface area contributed by atoms with Gasteiger partial charge in [-0.1, -0.05) is 59.8 Å². The molecule has 2 aromatic rings. The fourth-order valence-electron chi connectivity index (χ4n) is 2.93. The number of rotatable bonds is 5. The fourth-order valence-corrected chi connectivity index (χ4v) is 4.23. The van der Waals surface area contributed by atoms with E-state index in [0.29, 0.717) is 17.1 Å². The Labute approximate surface area is 168 Å². The maximum absolute atomic E-state index is 13.2. The maximum atomic E-state index is 13.2. The van der Waals surface area contributed by atoms with Gasteiger partial charge in [0.2, 0.25) is 5.91 Å². The third kappa shape index (κ3) is 4.10. The Bertz CT molecular complexity index is 946. The van der Waals surface area contributed by atoms with Crippen LogP contribution in [0.15, 0.2) is 65.2 Å². The molecule has 1 fully saturated rings. The highest BCUT2D eigenvalue weighted by Crippen LogP contribution is 2.42. The van der Waals surface area contributed by atoms with Crippen molar-refractivity contribution < 1.29 is 14.3 Å². The number of carbonyl (C=O) groups excluding carboxylic acids is 2. The molecule has 142 valence electrons. The van der Waals surface area contributed by atoms with E-state index in [1.807, 2.05) is 67.6 Å². The summed E-state index contributed by atoms with van der Waals surface area (Å²) in [4.78, 5) is 27.0. The molecular formula is C22H20N2O3S. The summed E-state index contributed by atoms with van der Waals surface area (Å²) in [6.07, 6.45) is 0.512. The number of nitrogens with zero attached hydrogens (tertiary/aromatic N) is 2. The number of benzene rings is 2. The van der Waals surface area contributed by atoms with E-state index in [-0.39, 0.29) is 18.1 Å². The number of ether oxygens (including phenoxy) is 1. The molecule has 0 saturated carbocycles. The molecule has 1 atom stereocenters. The minimum absolute atomic E-state index is 0.142. The molecule has 1 aliphatic heterocycles. The minimum Gasteiger partial charge on any atom is -0.462 e. The lowest BCUT2D eigenvalue weighted by Crippen LogP contribution is -2.30. The van der Waals surface area contributed by atoms with Gasteiger partial charge < -0.3 is 4.74 Å². The van der Waals surface area contributed by atoms with Crippen LogP contribution in [0.25, 0.3) is 0 Å². The van der Waals surface area contributed by atoms with Crippen molar-refractivity contribution in [3.63, 3.8) is 0 Å². The van der Waals surface area contributed by atoms with E-state index in [9.17, 15) is 14.9 Å². The molecule has 3 rings (SSSR count). The van der Waals surface area contributed by atoms with E-state index < -0.39 is 11.2 Å². The molecule has 5 nitrogen and oxygen atoms in total. The zero-order valence-electron chi connectivity index (χ0n) is 15.7.